The highest BCUT2D eigenvalue weighted by molar-refractivity contribution is 6.35. The van der Waals surface area contributed by atoms with Crippen LogP contribution in [0, 0.1) is 0 Å². The zero-order valence-electron chi connectivity index (χ0n) is 15.9. The van der Waals surface area contributed by atoms with Gasteiger partial charge in [0.05, 0.1) is 0 Å². The first-order chi connectivity index (χ1) is 14.2. The predicted molar refractivity (Wildman–Crippen MR) is 121 cm³/mol. The summed E-state index contributed by atoms with van der Waals surface area (Å²) in [6.07, 6.45) is 6.12. The van der Waals surface area contributed by atoms with Gasteiger partial charge >= 0.3 is 0 Å². The lowest BCUT2D eigenvalue weighted by Crippen LogP contribution is -2.20. The Balaban J connectivity index is 1.29. The van der Waals surface area contributed by atoms with Crippen LogP contribution in [0.2, 0.25) is 10.0 Å². The molecule has 0 saturated carbocycles. The van der Waals surface area contributed by atoms with Gasteiger partial charge in [-0.15, -0.1) is 0 Å². The van der Waals surface area contributed by atoms with Crippen LogP contribution in [-0.4, -0.2) is 11.4 Å². The number of hydrogen-bond acceptors (Lipinski definition) is 2. The van der Waals surface area contributed by atoms with Gasteiger partial charge in [0.1, 0.15) is 12.4 Å². The molecule has 4 heteroatoms. The minimum Gasteiger partial charge on any atom is -0.489 e. The Hall–Kier alpha value is -2.68. The fourth-order valence-electron chi connectivity index (χ4n) is 3.20. The minimum atomic E-state index is 0.550. The van der Waals surface area contributed by atoms with E-state index in [4.69, 9.17) is 27.9 Å². The zero-order chi connectivity index (χ0) is 20.1. The molecule has 0 unspecified atom stereocenters. The maximum absolute atomic E-state index is 6.27. The summed E-state index contributed by atoms with van der Waals surface area (Å²) >= 11 is 12.2. The third-order valence-corrected chi connectivity index (χ3v) is 5.42. The molecule has 0 aliphatic carbocycles. The van der Waals surface area contributed by atoms with Crippen LogP contribution in [0.25, 0.3) is 11.1 Å². The highest BCUT2D eigenvalue weighted by atomic mass is 35.5. The van der Waals surface area contributed by atoms with E-state index in [9.17, 15) is 0 Å². The van der Waals surface area contributed by atoms with Gasteiger partial charge in [0.2, 0.25) is 0 Å². The second-order valence-electron chi connectivity index (χ2n) is 6.94. The summed E-state index contributed by atoms with van der Waals surface area (Å²) in [5.74, 6) is 0.885. The lowest BCUT2D eigenvalue weighted by molar-refractivity contribution is 0.204. The molecular formula is C25H21Cl2NO. The summed E-state index contributed by atoms with van der Waals surface area (Å²) in [5, 5.41) is 1.34. The molecule has 4 rings (SSSR count). The average molecular weight is 422 g/mol. The summed E-state index contributed by atoms with van der Waals surface area (Å²) in [5.41, 5.74) is 4.63. The summed E-state index contributed by atoms with van der Waals surface area (Å²) in [7, 11) is 0. The molecular weight excluding hydrogens is 401 g/mol. The van der Waals surface area contributed by atoms with E-state index in [0.717, 1.165) is 30.0 Å². The fourth-order valence-corrected chi connectivity index (χ4v) is 3.67. The first-order valence-electron chi connectivity index (χ1n) is 9.51. The standard InChI is InChI=1S/C25H21Cl2NO/c26-23-11-10-22(25(27)16-23)17-28-14-12-24(13-15-28)29-18-19-6-8-21(9-7-19)20-4-2-1-3-5-20/h1-14,16H,15,17-18H2. The Morgan fingerprint density at radius 2 is 1.62 bits per heavy atom. The monoisotopic (exact) mass is 421 g/mol. The highest BCUT2D eigenvalue weighted by Crippen LogP contribution is 2.24. The maximum atomic E-state index is 6.27. The third kappa shape index (κ3) is 5.23. The van der Waals surface area contributed by atoms with Gasteiger partial charge in [-0.25, -0.2) is 0 Å². The topological polar surface area (TPSA) is 12.5 Å². The SMILES string of the molecule is Clc1ccc(CN2C=CC(OCc3ccc(-c4ccccc4)cc3)=CC2)c(Cl)c1. The largest absolute Gasteiger partial charge is 0.489 e. The second kappa shape index (κ2) is 9.21. The fraction of sp³-hybridized carbons (Fsp3) is 0.120. The van der Waals surface area contributed by atoms with Gasteiger partial charge in [-0.2, -0.15) is 0 Å². The van der Waals surface area contributed by atoms with Gasteiger partial charge in [-0.1, -0.05) is 83.9 Å². The van der Waals surface area contributed by atoms with Crippen molar-refractivity contribution >= 4 is 23.2 Å². The van der Waals surface area contributed by atoms with Crippen molar-refractivity contribution in [1.82, 2.24) is 4.90 Å². The molecule has 0 N–H and O–H groups in total. The maximum Gasteiger partial charge on any atom is 0.119 e. The number of allylic oxidation sites excluding steroid dienone is 1. The zero-order valence-corrected chi connectivity index (χ0v) is 17.4. The van der Waals surface area contributed by atoms with E-state index >= 15 is 0 Å². The molecule has 3 aromatic carbocycles. The number of nitrogens with zero attached hydrogens (tertiary/aromatic N) is 1. The van der Waals surface area contributed by atoms with Gasteiger partial charge in [0, 0.05) is 29.3 Å². The first-order valence-corrected chi connectivity index (χ1v) is 10.3. The summed E-state index contributed by atoms with van der Waals surface area (Å²) < 4.78 is 5.96. The van der Waals surface area contributed by atoms with Crippen molar-refractivity contribution in [2.75, 3.05) is 6.54 Å². The Morgan fingerprint density at radius 3 is 2.31 bits per heavy atom. The normalized spacial score (nSPS) is 13.3. The molecule has 146 valence electrons. The second-order valence-corrected chi connectivity index (χ2v) is 7.78. The summed E-state index contributed by atoms with van der Waals surface area (Å²) in [4.78, 5) is 2.18. The molecule has 0 bridgehead atoms. The van der Waals surface area contributed by atoms with Gasteiger partial charge in [-0.05, 0) is 46.5 Å². The van der Waals surface area contributed by atoms with Crippen molar-refractivity contribution in [3.05, 3.63) is 118 Å². The van der Waals surface area contributed by atoms with Crippen molar-refractivity contribution in [1.29, 1.82) is 0 Å². The lowest BCUT2D eigenvalue weighted by Gasteiger charge is -2.23. The highest BCUT2D eigenvalue weighted by Gasteiger charge is 2.09. The molecule has 0 atom stereocenters. The van der Waals surface area contributed by atoms with Crippen LogP contribution in [-0.2, 0) is 17.9 Å². The predicted octanol–water partition coefficient (Wildman–Crippen LogP) is 7.09. The van der Waals surface area contributed by atoms with E-state index < -0.39 is 0 Å². The molecule has 1 heterocycles. The van der Waals surface area contributed by atoms with Crippen LogP contribution in [0.3, 0.4) is 0 Å². The van der Waals surface area contributed by atoms with Crippen LogP contribution in [0.15, 0.2) is 96.9 Å². The minimum absolute atomic E-state index is 0.550. The first kappa shape index (κ1) is 19.6. The molecule has 2 nitrogen and oxygen atoms in total. The van der Waals surface area contributed by atoms with Crippen LogP contribution in [0.1, 0.15) is 11.1 Å². The molecule has 0 saturated heterocycles. The number of benzene rings is 3. The van der Waals surface area contributed by atoms with Crippen LogP contribution in [0.4, 0.5) is 0 Å². The Kier molecular flexibility index (Phi) is 6.24. The molecule has 1 aliphatic heterocycles. The van der Waals surface area contributed by atoms with Crippen molar-refractivity contribution in [2.24, 2.45) is 0 Å². The van der Waals surface area contributed by atoms with Crippen LogP contribution >= 0.6 is 23.2 Å². The van der Waals surface area contributed by atoms with Crippen molar-refractivity contribution in [3.8, 4) is 11.1 Å². The van der Waals surface area contributed by atoms with E-state index in [1.165, 1.54) is 11.1 Å². The average Bonchev–Trinajstić information content (AvgIpc) is 2.76. The number of rotatable bonds is 6. The van der Waals surface area contributed by atoms with Crippen molar-refractivity contribution in [2.45, 2.75) is 13.2 Å². The van der Waals surface area contributed by atoms with Crippen LogP contribution < -0.4 is 0 Å². The van der Waals surface area contributed by atoms with Crippen molar-refractivity contribution in [3.63, 3.8) is 0 Å². The number of halogens is 2. The Morgan fingerprint density at radius 1 is 0.862 bits per heavy atom. The van der Waals surface area contributed by atoms with Gasteiger partial charge in [-0.3, -0.25) is 0 Å². The summed E-state index contributed by atoms with van der Waals surface area (Å²) in [6, 6.07) is 24.5. The van der Waals surface area contributed by atoms with Gasteiger partial charge < -0.3 is 9.64 Å². The molecule has 0 radical (unpaired) electrons. The van der Waals surface area contributed by atoms with E-state index in [1.54, 1.807) is 6.07 Å². The molecule has 29 heavy (non-hydrogen) atoms. The molecule has 0 fully saturated rings. The van der Waals surface area contributed by atoms with E-state index in [1.807, 2.05) is 30.5 Å². The quantitative estimate of drug-likeness (QED) is 0.421. The number of hydrogen-bond donors (Lipinski definition) is 0. The number of ether oxygens (including phenoxy) is 1. The molecule has 0 aromatic heterocycles. The van der Waals surface area contributed by atoms with Gasteiger partial charge in [0.15, 0.2) is 0 Å². The van der Waals surface area contributed by atoms with E-state index in [0.29, 0.717) is 16.7 Å². The smallest absolute Gasteiger partial charge is 0.119 e. The summed E-state index contributed by atoms with van der Waals surface area (Å²) in [6.45, 7) is 2.06. The van der Waals surface area contributed by atoms with Crippen molar-refractivity contribution < 1.29 is 4.74 Å². The van der Waals surface area contributed by atoms with Crippen LogP contribution in [0.5, 0.6) is 0 Å². The van der Waals surface area contributed by atoms with Gasteiger partial charge in [0.25, 0.3) is 0 Å². The lowest BCUT2D eigenvalue weighted by atomic mass is 10.0. The molecule has 0 amide bonds. The Labute approximate surface area is 181 Å². The third-order valence-electron chi connectivity index (χ3n) is 4.83. The molecule has 0 spiro atoms. The molecule has 3 aromatic rings. The van der Waals surface area contributed by atoms with E-state index in [-0.39, 0.29) is 0 Å². The van der Waals surface area contributed by atoms with E-state index in [2.05, 4.69) is 59.5 Å². The Bertz CT molecular complexity index is 1030. The molecule has 1 aliphatic rings.